The molecule has 0 spiro atoms. The van der Waals surface area contributed by atoms with Crippen molar-refractivity contribution in [2.24, 2.45) is 41.5 Å². The van der Waals surface area contributed by atoms with Crippen molar-refractivity contribution in [3.8, 4) is 11.1 Å². The fourth-order valence-corrected chi connectivity index (χ4v) is 12.7. The minimum absolute atomic E-state index is 0.336. The molecule has 5 saturated carbocycles. The van der Waals surface area contributed by atoms with Gasteiger partial charge in [-0.25, -0.2) is 9.50 Å². The highest BCUT2D eigenvalue weighted by molar-refractivity contribution is 9.10. The lowest BCUT2D eigenvalue weighted by atomic mass is 9.45. The molecule has 266 valence electrons. The Morgan fingerprint density at radius 1 is 0.898 bits per heavy atom. The third-order valence-electron chi connectivity index (χ3n) is 14.7. The van der Waals surface area contributed by atoms with Gasteiger partial charge in [0, 0.05) is 49.7 Å². The van der Waals surface area contributed by atoms with Gasteiger partial charge in [-0.1, -0.05) is 46.0 Å². The minimum Gasteiger partial charge on any atom is -0.378 e. The highest BCUT2D eigenvalue weighted by Gasteiger charge is 2.60. The molecular weight excluding hydrogens is 674 g/mol. The fourth-order valence-electron chi connectivity index (χ4n) is 11.9. The smallest absolute Gasteiger partial charge is 0.163 e. The number of carbonyl (C=O) groups is 1. The number of fused-ring (bicyclic) bond motifs is 6. The van der Waals surface area contributed by atoms with Gasteiger partial charge in [0.05, 0.1) is 34.4 Å². The van der Waals surface area contributed by atoms with E-state index in [1.807, 2.05) is 24.1 Å². The van der Waals surface area contributed by atoms with Gasteiger partial charge < -0.3 is 4.74 Å². The van der Waals surface area contributed by atoms with Crippen molar-refractivity contribution in [3.05, 3.63) is 34.5 Å². The van der Waals surface area contributed by atoms with Crippen LogP contribution in [-0.4, -0.2) is 42.9 Å². The maximum Gasteiger partial charge on any atom is 0.163 e. The van der Waals surface area contributed by atoms with Crippen LogP contribution in [0.15, 0.2) is 23.1 Å². The van der Waals surface area contributed by atoms with Crippen LogP contribution in [0, 0.1) is 34.5 Å². The lowest BCUT2D eigenvalue weighted by Crippen LogP contribution is -2.54. The third-order valence-corrected chi connectivity index (χ3v) is 15.6. The number of aryl methyl sites for hydroxylation is 2. The summed E-state index contributed by atoms with van der Waals surface area (Å²) < 4.78 is 11.9. The van der Waals surface area contributed by atoms with E-state index in [1.54, 1.807) is 0 Å². The maximum absolute atomic E-state index is 12.3. The van der Waals surface area contributed by atoms with Crippen molar-refractivity contribution < 1.29 is 9.53 Å². The number of ketones is 1. The summed E-state index contributed by atoms with van der Waals surface area (Å²) >= 11 is 4.04. The number of Topliss-reactive ketones (excluding diaryl/α,β-unsaturated/α-hetero) is 1. The zero-order valence-corrected chi connectivity index (χ0v) is 31.9. The molecule has 0 aliphatic heterocycles. The lowest BCUT2D eigenvalue weighted by molar-refractivity contribution is -0.145. The number of hydrogen-bond acceptors (Lipinski definition) is 5. The first-order valence-corrected chi connectivity index (χ1v) is 20.7. The van der Waals surface area contributed by atoms with Crippen LogP contribution >= 0.6 is 15.9 Å². The Morgan fingerprint density at radius 3 is 2.53 bits per heavy atom. The quantitative estimate of drug-likeness (QED) is 0.194. The summed E-state index contributed by atoms with van der Waals surface area (Å²) in [6, 6.07) is 0. The zero-order valence-electron chi connectivity index (χ0n) is 30.3. The second-order valence-electron chi connectivity index (χ2n) is 17.3. The number of nitrogens with zero attached hydrogens (tertiary/aromatic N) is 5. The van der Waals surface area contributed by atoms with Gasteiger partial charge in [-0.3, -0.25) is 9.48 Å². The Bertz CT molecular complexity index is 1660. The van der Waals surface area contributed by atoms with Gasteiger partial charge in [-0.05, 0) is 127 Å². The Kier molecular flexibility index (Phi) is 9.60. The number of aromatic nitrogens is 5. The molecular formula is C41H58BrN5O2. The van der Waals surface area contributed by atoms with Crippen molar-refractivity contribution in [1.82, 2.24) is 24.4 Å². The van der Waals surface area contributed by atoms with Gasteiger partial charge in [-0.15, -0.1) is 0 Å². The third kappa shape index (κ3) is 6.17. The number of hydrogen-bond donors (Lipinski definition) is 0. The SMILES string of the molecule is Cn1cc(-c2cnn3c(CCCCCCO[C@H]4CC[C@H]5[C@@H]6CC[C@H]7CC(=O)CC[C@]7(C)[C@H]6CC[C@]45C)c(Br)c(C4CCCCC4)nc23)cn1. The largest absolute Gasteiger partial charge is 0.378 e. The van der Waals surface area contributed by atoms with Gasteiger partial charge in [0.2, 0.25) is 0 Å². The Morgan fingerprint density at radius 2 is 1.71 bits per heavy atom. The number of rotatable bonds is 10. The molecule has 7 nitrogen and oxygen atoms in total. The highest BCUT2D eigenvalue weighted by atomic mass is 79.9. The summed E-state index contributed by atoms with van der Waals surface area (Å²) in [7, 11) is 1.96. The minimum atomic E-state index is 0.336. The van der Waals surface area contributed by atoms with Crippen LogP contribution in [0.1, 0.15) is 147 Å². The Balaban J connectivity index is 0.864. The summed E-state index contributed by atoms with van der Waals surface area (Å²) in [6.07, 6.45) is 29.1. The maximum atomic E-state index is 12.3. The molecule has 0 bridgehead atoms. The second kappa shape index (κ2) is 13.8. The summed E-state index contributed by atoms with van der Waals surface area (Å²) in [4.78, 5) is 17.6. The molecule has 8 rings (SSSR count). The molecule has 5 fully saturated rings. The molecule has 0 aromatic carbocycles. The van der Waals surface area contributed by atoms with E-state index in [4.69, 9.17) is 14.8 Å². The molecule has 5 aliphatic carbocycles. The van der Waals surface area contributed by atoms with E-state index in [0.29, 0.717) is 34.6 Å². The van der Waals surface area contributed by atoms with E-state index in [1.165, 1.54) is 99.3 Å². The predicted molar refractivity (Wildman–Crippen MR) is 197 cm³/mol. The van der Waals surface area contributed by atoms with Crippen LogP contribution in [0.3, 0.4) is 0 Å². The van der Waals surface area contributed by atoms with E-state index in [2.05, 4.69) is 45.6 Å². The molecule has 3 aromatic rings. The number of carbonyl (C=O) groups excluding carboxylic acids is 1. The molecule has 7 atom stereocenters. The summed E-state index contributed by atoms with van der Waals surface area (Å²) in [6.45, 7) is 6.03. The molecule has 49 heavy (non-hydrogen) atoms. The van der Waals surface area contributed by atoms with Crippen molar-refractivity contribution in [2.75, 3.05) is 6.61 Å². The fraction of sp³-hybridized carbons (Fsp3) is 0.756. The van der Waals surface area contributed by atoms with Crippen LogP contribution in [0.2, 0.25) is 0 Å². The first-order valence-electron chi connectivity index (χ1n) is 19.9. The number of unbranched alkanes of at least 4 members (excludes halogenated alkanes) is 3. The summed E-state index contributed by atoms with van der Waals surface area (Å²) in [5.74, 6) is 4.15. The molecule has 0 radical (unpaired) electrons. The number of ether oxygens (including phenoxy) is 1. The highest BCUT2D eigenvalue weighted by Crippen LogP contribution is 2.66. The van der Waals surface area contributed by atoms with Crippen molar-refractivity contribution in [3.63, 3.8) is 0 Å². The molecule has 8 heteroatoms. The van der Waals surface area contributed by atoms with Gasteiger partial charge in [0.25, 0.3) is 0 Å². The van der Waals surface area contributed by atoms with Crippen LogP contribution in [-0.2, 0) is 23.0 Å². The van der Waals surface area contributed by atoms with Gasteiger partial charge in [0.15, 0.2) is 5.65 Å². The van der Waals surface area contributed by atoms with Gasteiger partial charge in [0.1, 0.15) is 5.78 Å². The van der Waals surface area contributed by atoms with Crippen molar-refractivity contribution in [1.29, 1.82) is 0 Å². The van der Waals surface area contributed by atoms with Crippen LogP contribution in [0.5, 0.6) is 0 Å². The lowest BCUT2D eigenvalue weighted by Gasteiger charge is -2.60. The van der Waals surface area contributed by atoms with E-state index in [-0.39, 0.29) is 0 Å². The van der Waals surface area contributed by atoms with Gasteiger partial charge >= 0.3 is 0 Å². The van der Waals surface area contributed by atoms with Crippen LogP contribution in [0.4, 0.5) is 0 Å². The monoisotopic (exact) mass is 731 g/mol. The molecule has 0 N–H and O–H groups in total. The van der Waals surface area contributed by atoms with Crippen molar-refractivity contribution >= 4 is 27.4 Å². The van der Waals surface area contributed by atoms with E-state index < -0.39 is 0 Å². The first kappa shape index (κ1) is 34.0. The Labute approximate surface area is 301 Å². The van der Waals surface area contributed by atoms with Crippen LogP contribution in [0.25, 0.3) is 16.8 Å². The summed E-state index contributed by atoms with van der Waals surface area (Å²) in [5.41, 5.74) is 6.34. The van der Waals surface area contributed by atoms with E-state index in [9.17, 15) is 4.79 Å². The molecule has 3 aromatic heterocycles. The standard InChI is InChI=1S/C41H58BrN5O2/c1-40-20-18-30(48)23-29(40)14-15-31-33-16-17-36(41(33,2)21-19-34(31)40)49-22-10-5-4-9-13-35-37(42)38(27-11-7-6-8-12-27)45-39-32(25-44-47(35)39)28-24-43-46(3)26-28/h24-27,29,31,33-34,36H,4-23H2,1-3H3/t29-,31-,33-,34-,36-,40-,41-/m0/s1. The average Bonchev–Trinajstić information content (AvgIpc) is 3.82. The van der Waals surface area contributed by atoms with E-state index in [0.717, 1.165) is 79.7 Å². The summed E-state index contributed by atoms with van der Waals surface area (Å²) in [5, 5.41) is 9.29. The molecule has 0 amide bonds. The average molecular weight is 733 g/mol. The zero-order chi connectivity index (χ0) is 33.8. The van der Waals surface area contributed by atoms with Crippen molar-refractivity contribution in [2.45, 2.75) is 148 Å². The molecule has 3 heterocycles. The van der Waals surface area contributed by atoms with Crippen LogP contribution < -0.4 is 0 Å². The van der Waals surface area contributed by atoms with Gasteiger partial charge in [-0.2, -0.15) is 10.2 Å². The predicted octanol–water partition coefficient (Wildman–Crippen LogP) is 10.0. The molecule has 0 saturated heterocycles. The topological polar surface area (TPSA) is 74.3 Å². The Hall–Kier alpha value is -2.06. The second-order valence-corrected chi connectivity index (χ2v) is 18.1. The normalized spacial score (nSPS) is 33.5. The number of halogens is 1. The first-order chi connectivity index (χ1) is 23.8. The van der Waals surface area contributed by atoms with E-state index >= 15 is 0 Å². The molecule has 5 aliphatic rings. The molecule has 0 unspecified atom stereocenters.